The zero-order chi connectivity index (χ0) is 11.7. The highest BCUT2D eigenvalue weighted by Gasteiger charge is 2.11. The minimum atomic E-state index is -0.914. The number of aliphatic carboxylic acids is 1. The molecule has 0 heterocycles. The van der Waals surface area contributed by atoms with E-state index in [1.807, 2.05) is 0 Å². The van der Waals surface area contributed by atoms with Gasteiger partial charge in [-0.2, -0.15) is 0 Å². The van der Waals surface area contributed by atoms with Gasteiger partial charge in [0.15, 0.2) is 0 Å². The Bertz CT molecular complexity index is 208. The molecule has 0 fully saturated rings. The minimum Gasteiger partial charge on any atom is -0.481 e. The van der Waals surface area contributed by atoms with Gasteiger partial charge in [-0.3, -0.25) is 9.59 Å². The normalized spacial score (nSPS) is 12.1. The number of ether oxygens (including phenoxy) is 1. The molecule has 6 nitrogen and oxygen atoms in total. The summed E-state index contributed by atoms with van der Waals surface area (Å²) < 4.78 is 4.78. The number of carboxylic acid groups (broad SMARTS) is 1. The van der Waals surface area contributed by atoms with Crippen molar-refractivity contribution in [2.24, 2.45) is 5.92 Å². The zero-order valence-corrected chi connectivity index (χ0v) is 9.08. The van der Waals surface area contributed by atoms with E-state index >= 15 is 0 Å². The van der Waals surface area contributed by atoms with Gasteiger partial charge < -0.3 is 20.5 Å². The van der Waals surface area contributed by atoms with E-state index in [0.29, 0.717) is 13.2 Å². The third kappa shape index (κ3) is 7.90. The molecule has 0 radical (unpaired) electrons. The number of rotatable bonds is 8. The van der Waals surface area contributed by atoms with Crippen LogP contribution in [0.15, 0.2) is 0 Å². The summed E-state index contributed by atoms with van der Waals surface area (Å²) in [6, 6.07) is 0. The summed E-state index contributed by atoms with van der Waals surface area (Å²) in [5.41, 5.74) is 0. The van der Waals surface area contributed by atoms with Crippen molar-refractivity contribution in [2.75, 3.05) is 33.4 Å². The number of carboxylic acids is 1. The van der Waals surface area contributed by atoms with Crippen LogP contribution >= 0.6 is 0 Å². The molecule has 0 aliphatic carbocycles. The van der Waals surface area contributed by atoms with Gasteiger partial charge in [0.2, 0.25) is 5.91 Å². The maximum Gasteiger partial charge on any atom is 0.308 e. The van der Waals surface area contributed by atoms with Gasteiger partial charge in [-0.1, -0.05) is 6.92 Å². The molecule has 1 amide bonds. The standard InChI is InChI=1S/C9H18N2O4/c1-7(9(13)14)5-11-8(12)6-10-3-4-15-2/h7,10H,3-6H2,1-2H3,(H,11,12)(H,13,14). The lowest BCUT2D eigenvalue weighted by Crippen LogP contribution is -2.38. The number of carbonyl (C=O) groups is 2. The van der Waals surface area contributed by atoms with Gasteiger partial charge >= 0.3 is 5.97 Å². The Hall–Kier alpha value is -1.14. The second kappa shape index (κ2) is 8.19. The Morgan fingerprint density at radius 3 is 2.67 bits per heavy atom. The maximum absolute atomic E-state index is 11.1. The van der Waals surface area contributed by atoms with Crippen LogP contribution in [0.5, 0.6) is 0 Å². The highest BCUT2D eigenvalue weighted by Crippen LogP contribution is 1.90. The quantitative estimate of drug-likeness (QED) is 0.458. The fourth-order valence-corrected chi connectivity index (χ4v) is 0.793. The smallest absolute Gasteiger partial charge is 0.308 e. The molecule has 0 aromatic carbocycles. The summed E-state index contributed by atoms with van der Waals surface area (Å²) in [5.74, 6) is -1.69. The summed E-state index contributed by atoms with van der Waals surface area (Å²) in [7, 11) is 1.58. The summed E-state index contributed by atoms with van der Waals surface area (Å²) in [4.78, 5) is 21.6. The molecule has 15 heavy (non-hydrogen) atoms. The maximum atomic E-state index is 11.1. The fraction of sp³-hybridized carbons (Fsp3) is 0.778. The Kier molecular flexibility index (Phi) is 7.57. The number of methoxy groups -OCH3 is 1. The van der Waals surface area contributed by atoms with Crippen molar-refractivity contribution < 1.29 is 19.4 Å². The summed E-state index contributed by atoms with van der Waals surface area (Å²) in [6.07, 6.45) is 0. The molecule has 0 aliphatic rings. The minimum absolute atomic E-state index is 0.153. The molecule has 0 saturated carbocycles. The van der Waals surface area contributed by atoms with Crippen LogP contribution in [0.1, 0.15) is 6.92 Å². The number of hydrogen-bond donors (Lipinski definition) is 3. The second-order valence-corrected chi connectivity index (χ2v) is 3.21. The molecule has 0 aromatic rings. The van der Waals surface area contributed by atoms with E-state index in [4.69, 9.17) is 9.84 Å². The third-order valence-corrected chi connectivity index (χ3v) is 1.80. The van der Waals surface area contributed by atoms with Crippen LogP contribution in [0.4, 0.5) is 0 Å². The fourth-order valence-electron chi connectivity index (χ4n) is 0.793. The van der Waals surface area contributed by atoms with E-state index in [1.54, 1.807) is 14.0 Å². The summed E-state index contributed by atoms with van der Waals surface area (Å²) in [6.45, 7) is 3.01. The van der Waals surface area contributed by atoms with Crippen LogP contribution in [0.25, 0.3) is 0 Å². The highest BCUT2D eigenvalue weighted by molar-refractivity contribution is 5.79. The molecule has 1 atom stereocenters. The van der Waals surface area contributed by atoms with Crippen LogP contribution in [0.2, 0.25) is 0 Å². The molecule has 1 unspecified atom stereocenters. The molecule has 0 saturated heterocycles. The predicted molar refractivity (Wildman–Crippen MR) is 54.6 cm³/mol. The molecule has 0 aromatic heterocycles. The van der Waals surface area contributed by atoms with Crippen molar-refractivity contribution >= 4 is 11.9 Å². The lowest BCUT2D eigenvalue weighted by Gasteiger charge is -2.08. The van der Waals surface area contributed by atoms with Crippen molar-refractivity contribution in [2.45, 2.75) is 6.92 Å². The first kappa shape index (κ1) is 13.9. The van der Waals surface area contributed by atoms with E-state index in [0.717, 1.165) is 0 Å². The third-order valence-electron chi connectivity index (χ3n) is 1.80. The molecule has 3 N–H and O–H groups in total. The van der Waals surface area contributed by atoms with Crippen LogP contribution in [0, 0.1) is 5.92 Å². The van der Waals surface area contributed by atoms with Crippen LogP contribution in [0.3, 0.4) is 0 Å². The van der Waals surface area contributed by atoms with Crippen LogP contribution in [-0.4, -0.2) is 50.3 Å². The van der Waals surface area contributed by atoms with E-state index in [1.165, 1.54) is 0 Å². The molecule has 6 heteroatoms. The Labute approximate surface area is 89.0 Å². The van der Waals surface area contributed by atoms with Gasteiger partial charge in [0.1, 0.15) is 0 Å². The van der Waals surface area contributed by atoms with E-state index < -0.39 is 11.9 Å². The van der Waals surface area contributed by atoms with Crippen LogP contribution in [-0.2, 0) is 14.3 Å². The van der Waals surface area contributed by atoms with Crippen molar-refractivity contribution in [3.8, 4) is 0 Å². The summed E-state index contributed by atoms with van der Waals surface area (Å²) >= 11 is 0. The lowest BCUT2D eigenvalue weighted by atomic mass is 10.2. The number of carbonyl (C=O) groups excluding carboxylic acids is 1. The first-order valence-electron chi connectivity index (χ1n) is 4.77. The largest absolute Gasteiger partial charge is 0.481 e. The highest BCUT2D eigenvalue weighted by atomic mass is 16.5. The zero-order valence-electron chi connectivity index (χ0n) is 9.08. The average Bonchev–Trinajstić information content (AvgIpc) is 2.20. The first-order chi connectivity index (χ1) is 7.07. The van der Waals surface area contributed by atoms with E-state index in [9.17, 15) is 9.59 Å². The molecule has 0 spiro atoms. The Morgan fingerprint density at radius 2 is 2.13 bits per heavy atom. The SMILES string of the molecule is COCCNCC(=O)NCC(C)C(=O)O. The molecule has 0 rings (SSSR count). The topological polar surface area (TPSA) is 87.7 Å². The monoisotopic (exact) mass is 218 g/mol. The molecular weight excluding hydrogens is 200 g/mol. The molecular formula is C9H18N2O4. The first-order valence-corrected chi connectivity index (χ1v) is 4.77. The molecule has 88 valence electrons. The van der Waals surface area contributed by atoms with Crippen molar-refractivity contribution in [1.29, 1.82) is 0 Å². The predicted octanol–water partition coefficient (Wildman–Crippen LogP) is -0.941. The van der Waals surface area contributed by atoms with Crippen molar-refractivity contribution in [3.05, 3.63) is 0 Å². The number of hydrogen-bond acceptors (Lipinski definition) is 4. The van der Waals surface area contributed by atoms with Crippen molar-refractivity contribution in [1.82, 2.24) is 10.6 Å². The Balaban J connectivity index is 3.45. The van der Waals surface area contributed by atoms with E-state index in [2.05, 4.69) is 10.6 Å². The van der Waals surface area contributed by atoms with E-state index in [-0.39, 0.29) is 19.0 Å². The summed E-state index contributed by atoms with van der Waals surface area (Å²) in [5, 5.41) is 13.9. The Morgan fingerprint density at radius 1 is 1.47 bits per heavy atom. The van der Waals surface area contributed by atoms with Gasteiger partial charge in [-0.05, 0) is 0 Å². The van der Waals surface area contributed by atoms with Gasteiger partial charge in [0.25, 0.3) is 0 Å². The molecule has 0 aliphatic heterocycles. The molecule has 0 bridgehead atoms. The second-order valence-electron chi connectivity index (χ2n) is 3.21. The van der Waals surface area contributed by atoms with Gasteiger partial charge in [-0.15, -0.1) is 0 Å². The van der Waals surface area contributed by atoms with Gasteiger partial charge in [-0.25, -0.2) is 0 Å². The van der Waals surface area contributed by atoms with Gasteiger partial charge in [0, 0.05) is 20.2 Å². The lowest BCUT2D eigenvalue weighted by molar-refractivity contribution is -0.141. The van der Waals surface area contributed by atoms with Gasteiger partial charge in [0.05, 0.1) is 19.1 Å². The average molecular weight is 218 g/mol. The number of amides is 1. The number of nitrogens with one attached hydrogen (secondary N) is 2. The van der Waals surface area contributed by atoms with Crippen LogP contribution < -0.4 is 10.6 Å². The van der Waals surface area contributed by atoms with Crippen molar-refractivity contribution in [3.63, 3.8) is 0 Å².